The highest BCUT2D eigenvalue weighted by atomic mass is 35.5. The summed E-state index contributed by atoms with van der Waals surface area (Å²) in [6, 6.07) is 12.4. The monoisotopic (exact) mass is 446 g/mol. The Morgan fingerprint density at radius 2 is 1.93 bits per heavy atom. The molecule has 1 amide bonds. The number of fused-ring (bicyclic) bond motifs is 1. The van der Waals surface area contributed by atoms with Crippen molar-refractivity contribution in [1.29, 1.82) is 0 Å². The van der Waals surface area contributed by atoms with E-state index in [-0.39, 0.29) is 10.6 Å². The zero-order valence-electron chi connectivity index (χ0n) is 16.1. The molecule has 0 aliphatic rings. The van der Waals surface area contributed by atoms with Crippen molar-refractivity contribution in [2.24, 2.45) is 0 Å². The van der Waals surface area contributed by atoms with Crippen LogP contribution in [0.2, 0.25) is 5.02 Å². The van der Waals surface area contributed by atoms with Gasteiger partial charge in [-0.1, -0.05) is 41.1 Å². The van der Waals surface area contributed by atoms with Crippen molar-refractivity contribution in [3.05, 3.63) is 69.5 Å². The van der Waals surface area contributed by atoms with E-state index in [0.29, 0.717) is 23.1 Å². The van der Waals surface area contributed by atoms with E-state index in [9.17, 15) is 14.4 Å². The molecule has 1 atom stereocenters. The number of hydrogen-bond acceptors (Lipinski definition) is 7. The van der Waals surface area contributed by atoms with Gasteiger partial charge in [0.2, 0.25) is 0 Å². The third-order valence-electron chi connectivity index (χ3n) is 4.28. The molecule has 0 aliphatic heterocycles. The second kappa shape index (κ2) is 10.2. The van der Waals surface area contributed by atoms with Gasteiger partial charge < -0.3 is 10.1 Å². The molecule has 0 radical (unpaired) electrons. The Labute approximate surface area is 181 Å². The highest BCUT2D eigenvalue weighted by molar-refractivity contribution is 7.98. The van der Waals surface area contributed by atoms with Crippen LogP contribution in [0.5, 0.6) is 0 Å². The third kappa shape index (κ3) is 5.17. The number of carbonyl (C=O) groups excluding carboxylic acids is 2. The number of benzene rings is 2. The largest absolute Gasteiger partial charge is 0.441 e. The number of nitrogens with zero attached hydrogens (tertiary/aromatic N) is 3. The third-order valence-corrected chi connectivity index (χ3v) is 5.25. The van der Waals surface area contributed by atoms with Crippen LogP contribution in [0, 0.1) is 0 Å². The Balaban J connectivity index is 1.71. The topological polar surface area (TPSA) is 103 Å². The highest BCUT2D eigenvalue weighted by Crippen LogP contribution is 2.15. The molecule has 1 heterocycles. The summed E-state index contributed by atoms with van der Waals surface area (Å²) in [4.78, 5) is 37.6. The summed E-state index contributed by atoms with van der Waals surface area (Å²) in [5.74, 6) is -0.532. The number of ether oxygens (including phenoxy) is 1. The molecule has 10 heteroatoms. The van der Waals surface area contributed by atoms with Gasteiger partial charge in [0.05, 0.1) is 16.0 Å². The normalized spacial score (nSPS) is 11.8. The maximum Gasteiger partial charge on any atom is 0.330 e. The van der Waals surface area contributed by atoms with Gasteiger partial charge in [-0.15, -0.1) is 5.10 Å². The number of aromatic nitrogens is 3. The molecule has 156 valence electrons. The van der Waals surface area contributed by atoms with Crippen LogP contribution in [-0.4, -0.2) is 44.9 Å². The Morgan fingerprint density at radius 3 is 2.70 bits per heavy atom. The number of thioether (sulfide) groups is 1. The lowest BCUT2D eigenvalue weighted by Gasteiger charge is -2.18. The Kier molecular flexibility index (Phi) is 7.42. The molecule has 1 aromatic heterocycles. The number of halogens is 1. The molecule has 3 aromatic rings. The zero-order valence-corrected chi connectivity index (χ0v) is 17.7. The first kappa shape index (κ1) is 21.8. The molecule has 0 saturated carbocycles. The van der Waals surface area contributed by atoms with Crippen LogP contribution in [0.25, 0.3) is 10.9 Å². The minimum absolute atomic E-state index is 0.262. The summed E-state index contributed by atoms with van der Waals surface area (Å²) >= 11 is 7.59. The van der Waals surface area contributed by atoms with E-state index in [0.717, 1.165) is 4.68 Å². The average molecular weight is 447 g/mol. The van der Waals surface area contributed by atoms with Crippen LogP contribution in [0.4, 0.5) is 0 Å². The number of esters is 1. The second-order valence-corrected chi connectivity index (χ2v) is 7.68. The number of amides is 1. The fraction of sp³-hybridized carbons (Fsp3) is 0.250. The number of rotatable bonds is 8. The van der Waals surface area contributed by atoms with Crippen molar-refractivity contribution in [3.63, 3.8) is 0 Å². The zero-order chi connectivity index (χ0) is 21.5. The van der Waals surface area contributed by atoms with Crippen LogP contribution < -0.4 is 10.9 Å². The summed E-state index contributed by atoms with van der Waals surface area (Å²) in [5, 5.41) is 11.0. The van der Waals surface area contributed by atoms with Gasteiger partial charge in [-0.2, -0.15) is 16.4 Å². The van der Waals surface area contributed by atoms with Crippen molar-refractivity contribution in [1.82, 2.24) is 20.3 Å². The van der Waals surface area contributed by atoms with Crippen LogP contribution in [-0.2, 0) is 16.3 Å². The lowest BCUT2D eigenvalue weighted by molar-refractivity contribution is -0.150. The van der Waals surface area contributed by atoms with Crippen molar-refractivity contribution in [2.45, 2.75) is 19.2 Å². The molecule has 2 aromatic carbocycles. The second-order valence-electron chi connectivity index (χ2n) is 6.29. The summed E-state index contributed by atoms with van der Waals surface area (Å²) in [6.45, 7) is -0.409. The first-order valence-electron chi connectivity index (χ1n) is 9.04. The molecule has 0 saturated heterocycles. The molecule has 0 unspecified atom stereocenters. The number of nitrogens with one attached hydrogen (secondary N) is 1. The molecular formula is C20H19ClN4O4S. The van der Waals surface area contributed by atoms with Gasteiger partial charge >= 0.3 is 5.97 Å². The van der Waals surface area contributed by atoms with E-state index in [1.54, 1.807) is 48.5 Å². The number of hydrogen-bond donors (Lipinski definition) is 1. The molecule has 0 spiro atoms. The van der Waals surface area contributed by atoms with Gasteiger partial charge in [-0.25, -0.2) is 4.79 Å². The standard InChI is InChI=1S/C20H19ClN4O4S/c1-30-11-10-17(22-18(26)13-6-2-4-8-15(13)21)20(28)29-12-25-19(27)14-7-3-5-9-16(14)23-24-25/h2-9,17H,10-12H2,1H3,(H,22,26)/t17-/m1/s1. The Bertz CT molecular complexity index is 1120. The summed E-state index contributed by atoms with van der Waals surface area (Å²) < 4.78 is 6.21. The summed E-state index contributed by atoms with van der Waals surface area (Å²) in [6.07, 6.45) is 2.25. The smallest absolute Gasteiger partial charge is 0.330 e. The summed E-state index contributed by atoms with van der Waals surface area (Å²) in [7, 11) is 0. The maximum atomic E-state index is 12.6. The fourth-order valence-corrected chi connectivity index (χ4v) is 3.39. The van der Waals surface area contributed by atoms with Crippen LogP contribution >= 0.6 is 23.4 Å². The van der Waals surface area contributed by atoms with E-state index in [1.165, 1.54) is 11.8 Å². The first-order valence-corrected chi connectivity index (χ1v) is 10.8. The molecule has 1 N–H and O–H groups in total. The van der Waals surface area contributed by atoms with Crippen LogP contribution in [0.15, 0.2) is 53.3 Å². The lowest BCUT2D eigenvalue weighted by Crippen LogP contribution is -2.43. The first-order chi connectivity index (χ1) is 14.5. The average Bonchev–Trinajstić information content (AvgIpc) is 2.76. The van der Waals surface area contributed by atoms with Gasteiger partial charge in [0.1, 0.15) is 11.6 Å². The number of carbonyl (C=O) groups is 2. The van der Waals surface area contributed by atoms with E-state index < -0.39 is 30.2 Å². The van der Waals surface area contributed by atoms with Crippen molar-refractivity contribution in [2.75, 3.05) is 12.0 Å². The van der Waals surface area contributed by atoms with Gasteiger partial charge in [0.25, 0.3) is 11.5 Å². The minimum atomic E-state index is -0.898. The molecule has 8 nitrogen and oxygen atoms in total. The summed E-state index contributed by atoms with van der Waals surface area (Å²) in [5.41, 5.74) is 0.293. The van der Waals surface area contributed by atoms with E-state index in [4.69, 9.17) is 16.3 Å². The van der Waals surface area contributed by atoms with Gasteiger partial charge in [0.15, 0.2) is 6.73 Å². The fourth-order valence-electron chi connectivity index (χ4n) is 2.70. The Morgan fingerprint density at radius 1 is 1.20 bits per heavy atom. The Hall–Kier alpha value is -2.91. The molecule has 30 heavy (non-hydrogen) atoms. The van der Waals surface area contributed by atoms with Crippen LogP contribution in [0.3, 0.4) is 0 Å². The van der Waals surface area contributed by atoms with Gasteiger partial charge in [0, 0.05) is 0 Å². The van der Waals surface area contributed by atoms with E-state index in [1.807, 2.05) is 6.26 Å². The van der Waals surface area contributed by atoms with Gasteiger partial charge in [-0.05, 0) is 42.7 Å². The van der Waals surface area contributed by atoms with Crippen molar-refractivity contribution >= 4 is 46.1 Å². The highest BCUT2D eigenvalue weighted by Gasteiger charge is 2.24. The molecule has 0 bridgehead atoms. The van der Waals surface area contributed by atoms with E-state index >= 15 is 0 Å². The predicted molar refractivity (Wildman–Crippen MR) is 116 cm³/mol. The SMILES string of the molecule is CSCC[C@@H](NC(=O)c1ccccc1Cl)C(=O)OCn1nnc2ccccc2c1=O. The predicted octanol–water partition coefficient (Wildman–Crippen LogP) is 2.50. The minimum Gasteiger partial charge on any atom is -0.441 e. The lowest BCUT2D eigenvalue weighted by atomic mass is 10.1. The quantitative estimate of drug-likeness (QED) is 0.530. The van der Waals surface area contributed by atoms with Gasteiger partial charge in [-0.3, -0.25) is 9.59 Å². The van der Waals surface area contributed by atoms with Crippen LogP contribution in [0.1, 0.15) is 16.8 Å². The molecule has 0 aliphatic carbocycles. The van der Waals surface area contributed by atoms with Crippen molar-refractivity contribution < 1.29 is 14.3 Å². The van der Waals surface area contributed by atoms with E-state index in [2.05, 4.69) is 15.6 Å². The maximum absolute atomic E-state index is 12.6. The molecule has 3 rings (SSSR count). The molecule has 0 fully saturated rings. The molecular weight excluding hydrogens is 428 g/mol. The van der Waals surface area contributed by atoms with Crippen molar-refractivity contribution in [3.8, 4) is 0 Å².